The fourth-order valence-electron chi connectivity index (χ4n) is 6.02. The van der Waals surface area contributed by atoms with Crippen LogP contribution in [0.15, 0.2) is 158 Å². The molecule has 4 aromatic carbocycles. The third-order valence-electron chi connectivity index (χ3n) is 8.51. The van der Waals surface area contributed by atoms with Gasteiger partial charge in [-0.25, -0.2) is 0 Å². The van der Waals surface area contributed by atoms with E-state index in [1.165, 1.54) is 18.3 Å². The third-order valence-corrected chi connectivity index (χ3v) is 8.51. The second kappa shape index (κ2) is 13.7. The van der Waals surface area contributed by atoms with E-state index in [1.807, 2.05) is 66.7 Å². The zero-order chi connectivity index (χ0) is 35.4. The zero-order valence-electron chi connectivity index (χ0n) is 26.8. The predicted molar refractivity (Wildman–Crippen MR) is 189 cm³/mol. The lowest BCUT2D eigenvalue weighted by atomic mass is 9.82. The summed E-state index contributed by atoms with van der Waals surface area (Å²) in [5.74, 6) is -0.844. The lowest BCUT2D eigenvalue weighted by Gasteiger charge is -2.34. The van der Waals surface area contributed by atoms with Crippen LogP contribution in [0, 0.1) is 0 Å². The molecule has 0 fully saturated rings. The van der Waals surface area contributed by atoms with E-state index in [4.69, 9.17) is 0 Å². The van der Waals surface area contributed by atoms with Gasteiger partial charge in [-0.3, -0.25) is 24.5 Å². The van der Waals surface area contributed by atoms with E-state index in [9.17, 15) is 22.8 Å². The van der Waals surface area contributed by atoms with Crippen molar-refractivity contribution in [3.8, 4) is 11.1 Å². The van der Waals surface area contributed by atoms with Crippen LogP contribution in [0.5, 0.6) is 0 Å². The zero-order valence-corrected chi connectivity index (χ0v) is 26.8. The van der Waals surface area contributed by atoms with Gasteiger partial charge in [0.15, 0.2) is 5.54 Å². The van der Waals surface area contributed by atoms with Crippen molar-refractivity contribution in [1.82, 2.24) is 20.3 Å². The van der Waals surface area contributed by atoms with Crippen molar-refractivity contribution in [3.05, 3.63) is 192 Å². The van der Waals surface area contributed by atoms with Gasteiger partial charge in [0.2, 0.25) is 0 Å². The fraction of sp³-hybridized carbons (Fsp3) is 0.0488. The molecule has 250 valence electrons. The van der Waals surface area contributed by atoms with Gasteiger partial charge in [-0.2, -0.15) is 13.2 Å². The topological polar surface area (TPSA) is 96.9 Å². The summed E-state index contributed by atoms with van der Waals surface area (Å²) in [6, 6.07) is 38.8. The Labute approximate surface area is 290 Å². The number of nitrogens with one attached hydrogen (secondary N) is 2. The molecule has 0 spiro atoms. The molecule has 7 aromatic rings. The van der Waals surface area contributed by atoms with Crippen LogP contribution >= 0.6 is 0 Å². The molecule has 3 heterocycles. The number of hydrogen-bond donors (Lipinski definition) is 2. The van der Waals surface area contributed by atoms with Crippen LogP contribution in [0.25, 0.3) is 22.0 Å². The lowest BCUT2D eigenvalue weighted by molar-refractivity contribution is -0.137. The minimum absolute atomic E-state index is 0.292. The smallest absolute Gasteiger partial charge is 0.332 e. The van der Waals surface area contributed by atoms with Crippen molar-refractivity contribution < 1.29 is 22.8 Å². The normalized spacial score (nSPS) is 11.6. The molecule has 0 atom stereocenters. The predicted octanol–water partition coefficient (Wildman–Crippen LogP) is 8.68. The number of amides is 2. The maximum Gasteiger partial charge on any atom is 0.416 e. The quantitative estimate of drug-likeness (QED) is 0.168. The van der Waals surface area contributed by atoms with Crippen molar-refractivity contribution in [3.63, 3.8) is 0 Å². The minimum Gasteiger partial charge on any atom is -0.332 e. The van der Waals surface area contributed by atoms with Crippen LogP contribution in [0.2, 0.25) is 0 Å². The molecule has 0 aliphatic rings. The summed E-state index contributed by atoms with van der Waals surface area (Å²) in [5, 5.41) is 6.75. The third kappa shape index (κ3) is 6.67. The number of nitrogens with zero attached hydrogens (tertiary/aromatic N) is 3. The number of rotatable bonds is 8. The van der Waals surface area contributed by atoms with Gasteiger partial charge in [0.25, 0.3) is 11.8 Å². The Balaban J connectivity index is 1.16. The van der Waals surface area contributed by atoms with E-state index >= 15 is 0 Å². The molecule has 0 aliphatic carbocycles. The Morgan fingerprint density at radius 3 is 1.88 bits per heavy atom. The summed E-state index contributed by atoms with van der Waals surface area (Å²) in [6.45, 7) is 0. The van der Waals surface area contributed by atoms with Crippen molar-refractivity contribution in [1.29, 1.82) is 0 Å². The Bertz CT molecular complexity index is 2240. The SMILES string of the molecule is O=C(NC(c1ccccc1)(c1ccccn1)c1ccccn1)c1cnc2cc(NC(=O)c3ccccc3-c3ccc(C(F)(F)F)cc3)ccc2c1. The molecule has 10 heteroatoms. The summed E-state index contributed by atoms with van der Waals surface area (Å²) < 4.78 is 39.3. The fourth-order valence-corrected chi connectivity index (χ4v) is 6.02. The second-order valence-corrected chi connectivity index (χ2v) is 11.7. The largest absolute Gasteiger partial charge is 0.416 e. The standard InChI is InChI=1S/C41H28F3N5O2/c42-41(43,44)31-19-16-27(17-20-31)33-12-4-5-13-34(33)39(51)48-32-21-18-28-24-29(26-47-35(28)25-32)38(50)49-40(30-10-2-1-3-11-30,36-14-6-8-22-45-36)37-15-7-9-23-46-37/h1-26H,(H,48,51)(H,49,50). The number of carbonyl (C=O) groups excluding carboxylic acids is 2. The van der Waals surface area contributed by atoms with Crippen molar-refractivity contribution in [2.45, 2.75) is 11.7 Å². The average molecular weight is 680 g/mol. The lowest BCUT2D eigenvalue weighted by Crippen LogP contribution is -2.49. The number of aromatic nitrogens is 3. The van der Waals surface area contributed by atoms with Crippen LogP contribution in [0.4, 0.5) is 18.9 Å². The van der Waals surface area contributed by atoms with Gasteiger partial charge in [-0.05, 0) is 77.4 Å². The van der Waals surface area contributed by atoms with Crippen LogP contribution in [-0.2, 0) is 11.7 Å². The molecule has 2 amide bonds. The molecular formula is C41H28F3N5O2. The molecule has 2 N–H and O–H groups in total. The first-order valence-corrected chi connectivity index (χ1v) is 15.9. The van der Waals surface area contributed by atoms with E-state index in [-0.39, 0.29) is 0 Å². The summed E-state index contributed by atoms with van der Waals surface area (Å²) >= 11 is 0. The maximum absolute atomic E-state index is 14.1. The average Bonchev–Trinajstić information content (AvgIpc) is 3.17. The molecule has 0 saturated carbocycles. The molecule has 7 nitrogen and oxygen atoms in total. The number of carbonyl (C=O) groups is 2. The van der Waals surface area contributed by atoms with Crippen LogP contribution in [0.3, 0.4) is 0 Å². The first-order chi connectivity index (χ1) is 24.7. The van der Waals surface area contributed by atoms with Gasteiger partial charge in [-0.1, -0.05) is 78.9 Å². The van der Waals surface area contributed by atoms with Gasteiger partial charge in [-0.15, -0.1) is 0 Å². The highest BCUT2D eigenvalue weighted by Crippen LogP contribution is 2.35. The number of pyridine rings is 3. The van der Waals surface area contributed by atoms with Crippen LogP contribution in [0.1, 0.15) is 43.2 Å². The summed E-state index contributed by atoms with van der Waals surface area (Å²) in [6.07, 6.45) is 0.346. The molecular weight excluding hydrogens is 651 g/mol. The number of alkyl halides is 3. The van der Waals surface area contributed by atoms with Gasteiger partial charge in [0.1, 0.15) is 0 Å². The van der Waals surface area contributed by atoms with Gasteiger partial charge in [0.05, 0.1) is 28.0 Å². The van der Waals surface area contributed by atoms with Crippen molar-refractivity contribution >= 4 is 28.4 Å². The second-order valence-electron chi connectivity index (χ2n) is 11.7. The molecule has 7 rings (SSSR count). The summed E-state index contributed by atoms with van der Waals surface area (Å²) in [5.41, 5.74) is 2.48. The van der Waals surface area contributed by atoms with E-state index in [1.54, 1.807) is 60.9 Å². The van der Waals surface area contributed by atoms with Crippen LogP contribution < -0.4 is 10.6 Å². The summed E-state index contributed by atoms with van der Waals surface area (Å²) in [4.78, 5) is 41.4. The highest BCUT2D eigenvalue weighted by atomic mass is 19.4. The minimum atomic E-state index is -4.46. The molecule has 0 aliphatic heterocycles. The molecule has 3 aromatic heterocycles. The first kappa shape index (κ1) is 32.8. The number of anilines is 1. The van der Waals surface area contributed by atoms with Gasteiger partial charge >= 0.3 is 6.18 Å². The number of fused-ring (bicyclic) bond motifs is 1. The Morgan fingerprint density at radius 2 is 1.24 bits per heavy atom. The molecule has 0 saturated heterocycles. The summed E-state index contributed by atoms with van der Waals surface area (Å²) in [7, 11) is 0. The molecule has 0 bridgehead atoms. The molecule has 51 heavy (non-hydrogen) atoms. The first-order valence-electron chi connectivity index (χ1n) is 15.9. The maximum atomic E-state index is 14.1. The van der Waals surface area contributed by atoms with Crippen LogP contribution in [-0.4, -0.2) is 26.8 Å². The molecule has 0 radical (unpaired) electrons. The monoisotopic (exact) mass is 679 g/mol. The van der Waals surface area contributed by atoms with Crippen molar-refractivity contribution in [2.24, 2.45) is 0 Å². The van der Waals surface area contributed by atoms with E-state index < -0.39 is 29.1 Å². The van der Waals surface area contributed by atoms with Gasteiger partial charge < -0.3 is 10.6 Å². The highest BCUT2D eigenvalue weighted by molar-refractivity contribution is 6.09. The number of hydrogen-bond acceptors (Lipinski definition) is 5. The number of benzene rings is 4. The Kier molecular flexibility index (Phi) is 8.81. The number of halogens is 3. The van der Waals surface area contributed by atoms with Gasteiger partial charge in [0, 0.05) is 35.2 Å². The van der Waals surface area contributed by atoms with Crippen molar-refractivity contribution in [2.75, 3.05) is 5.32 Å². The van der Waals surface area contributed by atoms with E-state index in [2.05, 4.69) is 25.6 Å². The Hall–Kier alpha value is -6.68. The van der Waals surface area contributed by atoms with E-state index in [0.717, 1.165) is 17.7 Å². The Morgan fingerprint density at radius 1 is 0.588 bits per heavy atom. The van der Waals surface area contributed by atoms with E-state index in [0.29, 0.717) is 50.2 Å². The highest BCUT2D eigenvalue weighted by Gasteiger charge is 2.41. The molecule has 0 unspecified atom stereocenters.